The van der Waals surface area contributed by atoms with Crippen LogP contribution in [0, 0.1) is 6.92 Å². The van der Waals surface area contributed by atoms with Crippen molar-refractivity contribution in [3.05, 3.63) is 71.0 Å². The lowest BCUT2D eigenvalue weighted by molar-refractivity contribution is -0.110. The number of aromatic nitrogens is 1. The third kappa shape index (κ3) is 5.00. The Hall–Kier alpha value is -3.84. The third-order valence-electron chi connectivity index (χ3n) is 6.41. The molecule has 35 heavy (non-hydrogen) atoms. The van der Waals surface area contributed by atoms with Crippen molar-refractivity contribution < 1.29 is 14.3 Å². The number of amides is 2. The van der Waals surface area contributed by atoms with Crippen LogP contribution in [0.25, 0.3) is 22.8 Å². The Morgan fingerprint density at radius 3 is 2.63 bits per heavy atom. The Kier molecular flexibility index (Phi) is 7.36. The molecule has 0 saturated heterocycles. The van der Waals surface area contributed by atoms with E-state index in [1.807, 2.05) is 61.5 Å². The number of nitrogens with one attached hydrogen (secondary N) is 3. The molecule has 7 heteroatoms. The number of nitrogens with zero attached hydrogens (tertiary/aromatic N) is 1. The minimum Gasteiger partial charge on any atom is -0.497 e. The smallest absolute Gasteiger partial charge is 0.256 e. The lowest BCUT2D eigenvalue weighted by atomic mass is 9.97. The molecule has 0 saturated carbocycles. The molecular formula is C28H32N4O3. The molecule has 0 fully saturated rings. The van der Waals surface area contributed by atoms with Crippen molar-refractivity contribution in [3.8, 4) is 16.9 Å². The van der Waals surface area contributed by atoms with Crippen LogP contribution in [0.4, 0.5) is 5.69 Å². The largest absolute Gasteiger partial charge is 0.497 e. The second kappa shape index (κ2) is 10.6. The molecule has 0 aliphatic carbocycles. The highest BCUT2D eigenvalue weighted by molar-refractivity contribution is 6.35. The second-order valence-corrected chi connectivity index (χ2v) is 8.49. The van der Waals surface area contributed by atoms with E-state index in [-0.39, 0.29) is 11.8 Å². The standard InChI is InChI=1S/C28H32N4O3/c1-5-32(6-2)15-14-29-28(34)25-18(3)30-24(26(25)19-10-9-11-20(16-19)35-4)17-22-21-12-7-8-13-23(21)31-27(22)33/h7-13,16-17,30H,5-6,14-15H2,1-4H3,(H,29,34)(H,31,33)/b22-17-. The van der Waals surface area contributed by atoms with Crippen molar-refractivity contribution in [1.29, 1.82) is 0 Å². The van der Waals surface area contributed by atoms with Gasteiger partial charge in [0.25, 0.3) is 11.8 Å². The van der Waals surface area contributed by atoms with E-state index in [1.54, 1.807) is 7.11 Å². The Morgan fingerprint density at radius 2 is 1.89 bits per heavy atom. The number of hydrogen-bond donors (Lipinski definition) is 3. The first-order chi connectivity index (χ1) is 17.0. The van der Waals surface area contributed by atoms with E-state index in [0.29, 0.717) is 29.1 Å². The van der Waals surface area contributed by atoms with Crippen LogP contribution >= 0.6 is 0 Å². The normalized spacial score (nSPS) is 13.7. The lowest BCUT2D eigenvalue weighted by Crippen LogP contribution is -2.35. The van der Waals surface area contributed by atoms with Gasteiger partial charge in [-0.15, -0.1) is 0 Å². The number of fused-ring (bicyclic) bond motifs is 1. The molecule has 2 aromatic carbocycles. The van der Waals surface area contributed by atoms with Crippen molar-refractivity contribution in [2.45, 2.75) is 20.8 Å². The molecule has 0 atom stereocenters. The summed E-state index contributed by atoms with van der Waals surface area (Å²) in [6.07, 6.45) is 1.83. The highest BCUT2D eigenvalue weighted by atomic mass is 16.5. The van der Waals surface area contributed by atoms with Crippen LogP contribution in [0.3, 0.4) is 0 Å². The molecule has 4 rings (SSSR count). The number of carbonyl (C=O) groups excluding carboxylic acids is 2. The maximum absolute atomic E-state index is 13.4. The van der Waals surface area contributed by atoms with Gasteiger partial charge in [0.2, 0.25) is 0 Å². The van der Waals surface area contributed by atoms with Gasteiger partial charge in [-0.25, -0.2) is 0 Å². The summed E-state index contributed by atoms with van der Waals surface area (Å²) in [5.41, 5.74) is 5.76. The van der Waals surface area contributed by atoms with Gasteiger partial charge in [0.1, 0.15) is 5.75 Å². The minimum atomic E-state index is -0.166. The summed E-state index contributed by atoms with van der Waals surface area (Å²) in [6.45, 7) is 9.31. The molecule has 7 nitrogen and oxygen atoms in total. The van der Waals surface area contributed by atoms with Gasteiger partial charge >= 0.3 is 0 Å². The van der Waals surface area contributed by atoms with E-state index in [2.05, 4.69) is 34.4 Å². The summed E-state index contributed by atoms with van der Waals surface area (Å²) in [6, 6.07) is 15.2. The number of anilines is 1. The van der Waals surface area contributed by atoms with Crippen LogP contribution in [0.1, 0.15) is 41.2 Å². The van der Waals surface area contributed by atoms with Crippen LogP contribution in [-0.2, 0) is 4.79 Å². The monoisotopic (exact) mass is 472 g/mol. The molecule has 2 heterocycles. The molecule has 3 aromatic rings. The fourth-order valence-corrected chi connectivity index (χ4v) is 4.50. The van der Waals surface area contributed by atoms with Gasteiger partial charge < -0.3 is 25.3 Å². The van der Waals surface area contributed by atoms with E-state index in [0.717, 1.165) is 47.7 Å². The van der Waals surface area contributed by atoms with E-state index >= 15 is 0 Å². The van der Waals surface area contributed by atoms with Crippen molar-refractivity contribution in [2.75, 3.05) is 38.6 Å². The van der Waals surface area contributed by atoms with Gasteiger partial charge in [0.05, 0.1) is 18.2 Å². The number of likely N-dealkylation sites (N-methyl/N-ethyl adjacent to an activating group) is 1. The molecule has 0 bridgehead atoms. The lowest BCUT2D eigenvalue weighted by Gasteiger charge is -2.18. The molecule has 2 amide bonds. The van der Waals surface area contributed by atoms with Crippen molar-refractivity contribution in [3.63, 3.8) is 0 Å². The van der Waals surface area contributed by atoms with Crippen LogP contribution in [0.2, 0.25) is 0 Å². The molecule has 3 N–H and O–H groups in total. The molecule has 1 aromatic heterocycles. The van der Waals surface area contributed by atoms with Gasteiger partial charge in [0.15, 0.2) is 0 Å². The highest BCUT2D eigenvalue weighted by Crippen LogP contribution is 2.37. The van der Waals surface area contributed by atoms with E-state index in [1.165, 1.54) is 0 Å². The Labute approximate surface area is 206 Å². The molecule has 182 valence electrons. The maximum Gasteiger partial charge on any atom is 0.256 e. The Bertz CT molecular complexity index is 1270. The first-order valence-electron chi connectivity index (χ1n) is 12.0. The molecule has 0 unspecified atom stereocenters. The summed E-state index contributed by atoms with van der Waals surface area (Å²) in [4.78, 5) is 31.8. The van der Waals surface area contributed by atoms with E-state index < -0.39 is 0 Å². The summed E-state index contributed by atoms with van der Waals surface area (Å²) < 4.78 is 5.44. The van der Waals surface area contributed by atoms with Crippen molar-refractivity contribution in [2.24, 2.45) is 0 Å². The summed E-state index contributed by atoms with van der Waals surface area (Å²) in [5.74, 6) is 0.377. The number of H-pyrrole nitrogens is 1. The average molecular weight is 473 g/mol. The van der Waals surface area contributed by atoms with Crippen LogP contribution in [-0.4, -0.2) is 55.0 Å². The maximum atomic E-state index is 13.4. The number of rotatable bonds is 9. The summed E-state index contributed by atoms with van der Waals surface area (Å²) >= 11 is 0. The predicted molar refractivity (Wildman–Crippen MR) is 141 cm³/mol. The first-order valence-corrected chi connectivity index (χ1v) is 12.0. The summed E-state index contributed by atoms with van der Waals surface area (Å²) in [5, 5.41) is 5.99. The van der Waals surface area contributed by atoms with E-state index in [9.17, 15) is 9.59 Å². The quantitative estimate of drug-likeness (QED) is 0.399. The molecule has 1 aliphatic heterocycles. The predicted octanol–water partition coefficient (Wildman–Crippen LogP) is 4.56. The van der Waals surface area contributed by atoms with Crippen LogP contribution in [0.15, 0.2) is 48.5 Å². The van der Waals surface area contributed by atoms with E-state index in [4.69, 9.17) is 4.74 Å². The van der Waals surface area contributed by atoms with Gasteiger partial charge in [-0.3, -0.25) is 9.59 Å². The Balaban J connectivity index is 1.78. The minimum absolute atomic E-state index is 0.148. The fourth-order valence-electron chi connectivity index (χ4n) is 4.50. The molecule has 0 spiro atoms. The number of ether oxygens (including phenoxy) is 1. The zero-order chi connectivity index (χ0) is 24.9. The third-order valence-corrected chi connectivity index (χ3v) is 6.41. The highest BCUT2D eigenvalue weighted by Gasteiger charge is 2.27. The molecule has 0 radical (unpaired) electrons. The van der Waals surface area contributed by atoms with Crippen LogP contribution < -0.4 is 15.4 Å². The topological polar surface area (TPSA) is 86.5 Å². The fraction of sp³-hybridized carbons (Fsp3) is 0.286. The number of hydrogen-bond acceptors (Lipinski definition) is 4. The average Bonchev–Trinajstić information content (AvgIpc) is 3.37. The van der Waals surface area contributed by atoms with Gasteiger partial charge in [-0.1, -0.05) is 44.2 Å². The SMILES string of the molecule is CCN(CC)CCNC(=O)c1c(C)[nH]c(/C=C2\C(=O)Nc3ccccc32)c1-c1cccc(OC)c1. The van der Waals surface area contributed by atoms with Gasteiger partial charge in [0, 0.05) is 41.3 Å². The van der Waals surface area contributed by atoms with Crippen molar-refractivity contribution in [1.82, 2.24) is 15.2 Å². The van der Waals surface area contributed by atoms with Gasteiger partial charge in [-0.05, 0) is 49.9 Å². The number of aromatic amines is 1. The number of aryl methyl sites for hydroxylation is 1. The number of benzene rings is 2. The van der Waals surface area contributed by atoms with Crippen LogP contribution in [0.5, 0.6) is 5.75 Å². The summed E-state index contributed by atoms with van der Waals surface area (Å²) in [7, 11) is 1.62. The Morgan fingerprint density at radius 1 is 1.11 bits per heavy atom. The number of methoxy groups -OCH3 is 1. The second-order valence-electron chi connectivity index (χ2n) is 8.49. The number of carbonyl (C=O) groups is 2. The molecule has 1 aliphatic rings. The molecular weight excluding hydrogens is 440 g/mol. The number of para-hydroxylation sites is 1. The first kappa shape index (κ1) is 24.3. The zero-order valence-corrected chi connectivity index (χ0v) is 20.7. The van der Waals surface area contributed by atoms with Gasteiger partial charge in [-0.2, -0.15) is 0 Å². The van der Waals surface area contributed by atoms with Crippen molar-refractivity contribution >= 4 is 29.2 Å². The zero-order valence-electron chi connectivity index (χ0n) is 20.7.